The molecule has 7 heteroatoms. The number of aromatic nitrogens is 3. The number of fused-ring (bicyclic) bond motifs is 1. The molecule has 0 spiro atoms. The highest BCUT2D eigenvalue weighted by Crippen LogP contribution is 2.26. The Kier molecular flexibility index (Phi) is 4.69. The van der Waals surface area contributed by atoms with E-state index < -0.39 is 0 Å². The number of esters is 1. The van der Waals surface area contributed by atoms with E-state index in [-0.39, 0.29) is 11.9 Å². The molecule has 1 aromatic carbocycles. The van der Waals surface area contributed by atoms with Gasteiger partial charge in [0.25, 0.3) is 0 Å². The Bertz CT molecular complexity index is 672. The Balaban J connectivity index is 1.70. The van der Waals surface area contributed by atoms with Crippen molar-refractivity contribution in [2.75, 3.05) is 7.11 Å². The van der Waals surface area contributed by atoms with Crippen LogP contribution < -0.4 is 0 Å². The smallest absolute Gasteiger partial charge is 0.310 e. The number of aryl methyl sites for hydroxylation is 1. The van der Waals surface area contributed by atoms with Crippen LogP contribution in [0.25, 0.3) is 0 Å². The normalized spacial score (nSPS) is 17.1. The van der Waals surface area contributed by atoms with Crippen molar-refractivity contribution in [3.05, 3.63) is 40.9 Å². The zero-order chi connectivity index (χ0) is 15.5. The van der Waals surface area contributed by atoms with Gasteiger partial charge in [-0.15, -0.1) is 22.0 Å². The van der Waals surface area contributed by atoms with Crippen LogP contribution in [0.5, 0.6) is 0 Å². The molecule has 116 valence electrons. The van der Waals surface area contributed by atoms with E-state index >= 15 is 0 Å². The number of hydrogen-bond donors (Lipinski definition) is 0. The van der Waals surface area contributed by atoms with E-state index in [1.165, 1.54) is 7.11 Å². The highest BCUT2D eigenvalue weighted by molar-refractivity contribution is 7.98. The second-order valence-corrected chi connectivity index (χ2v) is 6.63. The molecule has 22 heavy (non-hydrogen) atoms. The van der Waals surface area contributed by atoms with Gasteiger partial charge in [-0.1, -0.05) is 11.6 Å². The lowest BCUT2D eigenvalue weighted by Crippen LogP contribution is -2.28. The van der Waals surface area contributed by atoms with Gasteiger partial charge in [0.1, 0.15) is 11.6 Å². The zero-order valence-electron chi connectivity index (χ0n) is 12.2. The van der Waals surface area contributed by atoms with Crippen molar-refractivity contribution in [1.29, 1.82) is 0 Å². The largest absolute Gasteiger partial charge is 0.469 e. The molecule has 0 saturated heterocycles. The van der Waals surface area contributed by atoms with Crippen LogP contribution in [0.1, 0.15) is 18.1 Å². The van der Waals surface area contributed by atoms with Gasteiger partial charge >= 0.3 is 5.97 Å². The Hall–Kier alpha value is -1.53. The summed E-state index contributed by atoms with van der Waals surface area (Å²) >= 11 is 7.56. The number of methoxy groups -OCH3 is 1. The first kappa shape index (κ1) is 15.4. The number of carbonyl (C=O) groups excluding carboxylic acids is 1. The van der Waals surface area contributed by atoms with E-state index in [1.807, 2.05) is 28.8 Å². The molecule has 0 fully saturated rings. The summed E-state index contributed by atoms with van der Waals surface area (Å²) in [5, 5.41) is 9.22. The van der Waals surface area contributed by atoms with Crippen LogP contribution in [0.4, 0.5) is 0 Å². The average Bonchev–Trinajstić information content (AvgIpc) is 2.96. The molecule has 0 radical (unpaired) electrons. The third-order valence-corrected chi connectivity index (χ3v) is 5.00. The van der Waals surface area contributed by atoms with Gasteiger partial charge < -0.3 is 9.30 Å². The second-order valence-electron chi connectivity index (χ2n) is 5.14. The number of nitrogens with zero attached hydrogens (tertiary/aromatic N) is 3. The van der Waals surface area contributed by atoms with Crippen molar-refractivity contribution < 1.29 is 9.53 Å². The quantitative estimate of drug-likeness (QED) is 0.634. The fourth-order valence-corrected chi connectivity index (χ4v) is 3.49. The lowest BCUT2D eigenvalue weighted by atomic mass is 9.99. The first-order chi connectivity index (χ1) is 10.7. The van der Waals surface area contributed by atoms with E-state index in [0.717, 1.165) is 34.4 Å². The summed E-state index contributed by atoms with van der Waals surface area (Å²) in [6, 6.07) is 7.71. The molecule has 0 amide bonds. The number of thioether (sulfide) groups is 1. The monoisotopic (exact) mass is 337 g/mol. The van der Waals surface area contributed by atoms with Crippen LogP contribution in [0.15, 0.2) is 29.2 Å². The highest BCUT2D eigenvalue weighted by atomic mass is 35.5. The summed E-state index contributed by atoms with van der Waals surface area (Å²) in [6.07, 6.45) is 1.54. The lowest BCUT2D eigenvalue weighted by molar-refractivity contribution is -0.146. The van der Waals surface area contributed by atoms with Gasteiger partial charge in [0.15, 0.2) is 0 Å². The summed E-state index contributed by atoms with van der Waals surface area (Å²) in [4.78, 5) is 12.9. The van der Waals surface area contributed by atoms with Crippen molar-refractivity contribution in [2.45, 2.75) is 30.0 Å². The van der Waals surface area contributed by atoms with E-state index in [4.69, 9.17) is 16.3 Å². The third-order valence-electron chi connectivity index (χ3n) is 3.74. The Morgan fingerprint density at radius 2 is 2.18 bits per heavy atom. The maximum absolute atomic E-state index is 11.7. The molecule has 0 bridgehead atoms. The first-order valence-electron chi connectivity index (χ1n) is 7.04. The molecule has 2 heterocycles. The number of ether oxygens (including phenoxy) is 1. The minimum Gasteiger partial charge on any atom is -0.469 e. The average molecular weight is 338 g/mol. The molecule has 1 aliphatic rings. The van der Waals surface area contributed by atoms with Gasteiger partial charge in [0.05, 0.1) is 18.8 Å². The fraction of sp³-hybridized carbons (Fsp3) is 0.400. The van der Waals surface area contributed by atoms with Crippen molar-refractivity contribution in [1.82, 2.24) is 14.8 Å². The van der Waals surface area contributed by atoms with E-state index in [1.54, 1.807) is 11.8 Å². The van der Waals surface area contributed by atoms with Crippen LogP contribution in [-0.4, -0.2) is 27.8 Å². The first-order valence-corrected chi connectivity index (χ1v) is 8.41. The van der Waals surface area contributed by atoms with Gasteiger partial charge in [-0.05, 0) is 30.7 Å². The summed E-state index contributed by atoms with van der Waals surface area (Å²) < 4.78 is 6.90. The number of hydrogen-bond acceptors (Lipinski definition) is 5. The van der Waals surface area contributed by atoms with Crippen LogP contribution in [0.2, 0.25) is 5.02 Å². The minimum absolute atomic E-state index is 0.104. The number of rotatable bonds is 4. The molecular weight excluding hydrogens is 322 g/mol. The van der Waals surface area contributed by atoms with E-state index in [2.05, 4.69) is 10.2 Å². The molecule has 1 unspecified atom stereocenters. The fourth-order valence-electron chi connectivity index (χ4n) is 2.53. The molecule has 5 nitrogen and oxygen atoms in total. The van der Waals surface area contributed by atoms with Gasteiger partial charge in [-0.3, -0.25) is 4.79 Å². The van der Waals surface area contributed by atoms with Crippen molar-refractivity contribution in [2.24, 2.45) is 5.92 Å². The van der Waals surface area contributed by atoms with Crippen molar-refractivity contribution in [3.63, 3.8) is 0 Å². The van der Waals surface area contributed by atoms with Crippen LogP contribution >= 0.6 is 23.4 Å². The summed E-state index contributed by atoms with van der Waals surface area (Å²) in [5.74, 6) is 2.29. The molecule has 3 rings (SSSR count). The van der Waals surface area contributed by atoms with Gasteiger partial charge in [0, 0.05) is 22.9 Å². The lowest BCUT2D eigenvalue weighted by Gasteiger charge is -2.22. The predicted molar refractivity (Wildman–Crippen MR) is 84.9 cm³/mol. The predicted octanol–water partition coefficient (Wildman–Crippen LogP) is 2.96. The standard InChI is InChI=1S/C15H16ClN3O2S/c1-21-15(20)10-2-7-13-17-18-14(19(13)8-10)9-22-12-5-3-11(16)4-6-12/h3-6,10H,2,7-9H2,1H3. The Morgan fingerprint density at radius 1 is 1.41 bits per heavy atom. The van der Waals surface area contributed by atoms with Crippen LogP contribution in [-0.2, 0) is 28.2 Å². The zero-order valence-corrected chi connectivity index (χ0v) is 13.7. The van der Waals surface area contributed by atoms with Gasteiger partial charge in [0.2, 0.25) is 0 Å². The Morgan fingerprint density at radius 3 is 2.91 bits per heavy atom. The Labute approximate surface area is 138 Å². The number of carbonyl (C=O) groups is 1. The van der Waals surface area contributed by atoms with Gasteiger partial charge in [-0.2, -0.15) is 0 Å². The van der Waals surface area contributed by atoms with Crippen molar-refractivity contribution in [3.8, 4) is 0 Å². The molecule has 1 aliphatic heterocycles. The molecule has 0 N–H and O–H groups in total. The molecular formula is C15H16ClN3O2S. The maximum Gasteiger partial charge on any atom is 0.310 e. The maximum atomic E-state index is 11.7. The minimum atomic E-state index is -0.157. The van der Waals surface area contributed by atoms with E-state index in [9.17, 15) is 4.79 Å². The van der Waals surface area contributed by atoms with Crippen LogP contribution in [0.3, 0.4) is 0 Å². The van der Waals surface area contributed by atoms with E-state index in [0.29, 0.717) is 12.3 Å². The molecule has 2 aromatic rings. The summed E-state index contributed by atoms with van der Waals surface area (Å²) in [7, 11) is 1.43. The summed E-state index contributed by atoms with van der Waals surface area (Å²) in [6.45, 7) is 0.603. The third kappa shape index (κ3) is 3.28. The number of benzene rings is 1. The SMILES string of the molecule is COC(=O)C1CCc2nnc(CSc3ccc(Cl)cc3)n2C1. The van der Waals surface area contributed by atoms with Gasteiger partial charge in [-0.25, -0.2) is 0 Å². The second kappa shape index (κ2) is 6.71. The number of halogens is 1. The molecule has 0 aliphatic carbocycles. The highest BCUT2D eigenvalue weighted by Gasteiger charge is 2.28. The topological polar surface area (TPSA) is 57.0 Å². The van der Waals surface area contributed by atoms with Crippen LogP contribution in [0, 0.1) is 5.92 Å². The molecule has 1 aromatic heterocycles. The molecule has 0 saturated carbocycles. The van der Waals surface area contributed by atoms with Crippen molar-refractivity contribution >= 4 is 29.3 Å². The molecule has 1 atom stereocenters. The summed E-state index contributed by atoms with van der Waals surface area (Å²) in [5.41, 5.74) is 0.